The van der Waals surface area contributed by atoms with Gasteiger partial charge in [-0.1, -0.05) is 34.8 Å². The van der Waals surface area contributed by atoms with Gasteiger partial charge < -0.3 is 29.1 Å². The maximum atomic E-state index is 14.4. The second kappa shape index (κ2) is 12.2. The molecule has 1 aromatic rings. The van der Waals surface area contributed by atoms with Gasteiger partial charge in [-0.05, 0) is 50.5 Å². The van der Waals surface area contributed by atoms with Gasteiger partial charge in [0.05, 0.1) is 31.7 Å². The van der Waals surface area contributed by atoms with Crippen molar-refractivity contribution < 1.29 is 33.7 Å². The highest BCUT2D eigenvalue weighted by Gasteiger charge is 2.77. The van der Waals surface area contributed by atoms with Gasteiger partial charge in [-0.2, -0.15) is 0 Å². The van der Waals surface area contributed by atoms with Crippen LogP contribution in [-0.4, -0.2) is 83.8 Å². The van der Waals surface area contributed by atoms with E-state index in [1.54, 1.807) is 54.2 Å². The SMILES string of the molecule is C=CCN(C(=O)[C@H]1N(CCCCCCO)C(=O)[C@@H]2[C@@H](C(=O)OCC)[C@@H]3O[C@@]21CC3Br)c1ccc(OC)cc1. The summed E-state index contributed by atoms with van der Waals surface area (Å²) in [5.41, 5.74) is -0.489. The second-order valence-corrected chi connectivity index (χ2v) is 11.2. The number of ether oxygens (including phenoxy) is 3. The molecule has 3 aliphatic heterocycles. The van der Waals surface area contributed by atoms with Crippen molar-refractivity contribution in [2.75, 3.05) is 38.3 Å². The highest BCUT2D eigenvalue weighted by atomic mass is 79.9. The zero-order chi connectivity index (χ0) is 27.4. The molecule has 208 valence electrons. The molecular formula is C28H37BrN2O7. The Balaban J connectivity index is 1.72. The molecule has 6 atom stereocenters. The number of unbranched alkanes of at least 4 members (excludes halogenated alkanes) is 3. The monoisotopic (exact) mass is 592 g/mol. The number of hydrogen-bond acceptors (Lipinski definition) is 7. The normalized spacial score (nSPS) is 29.3. The van der Waals surface area contributed by atoms with E-state index < -0.39 is 35.6 Å². The number of anilines is 1. The summed E-state index contributed by atoms with van der Waals surface area (Å²) in [4.78, 5) is 44.5. The maximum Gasteiger partial charge on any atom is 0.312 e. The fourth-order valence-electron chi connectivity index (χ4n) is 6.27. The van der Waals surface area contributed by atoms with Gasteiger partial charge in [0.1, 0.15) is 17.4 Å². The van der Waals surface area contributed by atoms with Crippen LogP contribution in [0.15, 0.2) is 36.9 Å². The molecule has 3 heterocycles. The Kier molecular flexibility index (Phi) is 9.15. The first-order valence-electron chi connectivity index (χ1n) is 13.3. The predicted octanol–water partition coefficient (Wildman–Crippen LogP) is 3.08. The molecule has 4 rings (SSSR count). The molecule has 2 amide bonds. The largest absolute Gasteiger partial charge is 0.497 e. The van der Waals surface area contributed by atoms with Crippen LogP contribution in [0.25, 0.3) is 0 Å². The van der Waals surface area contributed by atoms with E-state index in [4.69, 9.17) is 19.3 Å². The van der Waals surface area contributed by atoms with Crippen LogP contribution >= 0.6 is 15.9 Å². The standard InChI is InChI=1S/C28H37BrN2O7/c1-4-14-30(18-10-12-19(36-3)13-11-18)26(34)24-28-17-20(29)23(38-28)21(27(35)37-5-2)22(28)25(33)31(24)15-8-6-7-9-16-32/h4,10-13,20-24,32H,1,5-9,14-17H2,2-3H3/t20?,21-,22+,23-,24-,28+/m1/s1. The lowest BCUT2D eigenvalue weighted by Gasteiger charge is -2.37. The highest BCUT2D eigenvalue weighted by molar-refractivity contribution is 9.09. The maximum absolute atomic E-state index is 14.4. The van der Waals surface area contributed by atoms with Crippen LogP contribution in [0.3, 0.4) is 0 Å². The molecule has 1 unspecified atom stereocenters. The van der Waals surface area contributed by atoms with Gasteiger partial charge in [-0.3, -0.25) is 14.4 Å². The first kappa shape index (κ1) is 28.6. The summed E-state index contributed by atoms with van der Waals surface area (Å²) in [6, 6.07) is 6.26. The van der Waals surface area contributed by atoms with Crippen molar-refractivity contribution in [2.45, 2.75) is 61.6 Å². The van der Waals surface area contributed by atoms with Crippen molar-refractivity contribution in [1.82, 2.24) is 4.90 Å². The number of benzene rings is 1. The molecule has 1 spiro atoms. The topological polar surface area (TPSA) is 106 Å². The zero-order valence-corrected chi connectivity index (χ0v) is 23.6. The molecule has 0 radical (unpaired) electrons. The number of aliphatic hydroxyl groups is 1. The molecule has 9 nitrogen and oxygen atoms in total. The molecule has 1 N–H and O–H groups in total. The smallest absolute Gasteiger partial charge is 0.312 e. The Hall–Kier alpha value is -2.43. The summed E-state index contributed by atoms with van der Waals surface area (Å²) in [5, 5.41) is 9.12. The first-order chi connectivity index (χ1) is 18.3. The van der Waals surface area contributed by atoms with Crippen molar-refractivity contribution in [2.24, 2.45) is 11.8 Å². The molecule has 1 aromatic carbocycles. The van der Waals surface area contributed by atoms with Crippen LogP contribution in [0.5, 0.6) is 5.75 Å². The number of alkyl halides is 1. The van der Waals surface area contributed by atoms with Gasteiger partial charge in [0, 0.05) is 30.2 Å². The lowest BCUT2D eigenvalue weighted by molar-refractivity contribution is -0.154. The Morgan fingerprint density at radius 1 is 1.26 bits per heavy atom. The fraction of sp³-hybridized carbons (Fsp3) is 0.607. The Morgan fingerprint density at radius 2 is 1.97 bits per heavy atom. The number of methoxy groups -OCH3 is 1. The van der Waals surface area contributed by atoms with Crippen LogP contribution in [0.2, 0.25) is 0 Å². The van der Waals surface area contributed by atoms with Gasteiger partial charge in [0.2, 0.25) is 5.91 Å². The predicted molar refractivity (Wildman–Crippen MR) is 145 cm³/mol. The van der Waals surface area contributed by atoms with Crippen LogP contribution in [0.1, 0.15) is 39.0 Å². The van der Waals surface area contributed by atoms with E-state index in [9.17, 15) is 14.4 Å². The van der Waals surface area contributed by atoms with Crippen molar-refractivity contribution in [3.05, 3.63) is 36.9 Å². The summed E-state index contributed by atoms with van der Waals surface area (Å²) in [5.74, 6) is -1.87. The molecule has 2 bridgehead atoms. The van der Waals surface area contributed by atoms with E-state index in [0.717, 1.165) is 12.8 Å². The molecule has 3 aliphatic rings. The number of halogens is 1. The van der Waals surface area contributed by atoms with E-state index in [2.05, 4.69) is 22.5 Å². The zero-order valence-electron chi connectivity index (χ0n) is 22.0. The average molecular weight is 594 g/mol. The third-order valence-corrected chi connectivity index (χ3v) is 8.70. The highest BCUT2D eigenvalue weighted by Crippen LogP contribution is 2.60. The quantitative estimate of drug-likeness (QED) is 0.162. The Labute approximate surface area is 232 Å². The molecule has 0 saturated carbocycles. The van der Waals surface area contributed by atoms with Crippen LogP contribution in [0, 0.1) is 11.8 Å². The van der Waals surface area contributed by atoms with E-state index >= 15 is 0 Å². The van der Waals surface area contributed by atoms with Gasteiger partial charge in [-0.15, -0.1) is 6.58 Å². The average Bonchev–Trinajstić information content (AvgIpc) is 3.50. The van der Waals surface area contributed by atoms with Crippen molar-refractivity contribution >= 4 is 39.4 Å². The molecule has 3 saturated heterocycles. The summed E-state index contributed by atoms with van der Waals surface area (Å²) in [6.07, 6.45) is 4.54. The van der Waals surface area contributed by atoms with Gasteiger partial charge in [-0.25, -0.2) is 0 Å². The number of nitrogens with zero attached hydrogens (tertiary/aromatic N) is 2. The van der Waals surface area contributed by atoms with Gasteiger partial charge in [0.15, 0.2) is 0 Å². The number of carbonyl (C=O) groups excluding carboxylic acids is 3. The third-order valence-electron chi connectivity index (χ3n) is 7.85. The fourth-order valence-corrected chi connectivity index (χ4v) is 7.21. The molecule has 3 fully saturated rings. The van der Waals surface area contributed by atoms with E-state index in [0.29, 0.717) is 37.2 Å². The van der Waals surface area contributed by atoms with Crippen LogP contribution in [0.4, 0.5) is 5.69 Å². The van der Waals surface area contributed by atoms with Crippen molar-refractivity contribution in [3.63, 3.8) is 0 Å². The molecule has 0 aliphatic carbocycles. The third kappa shape index (κ3) is 4.98. The van der Waals surface area contributed by atoms with Crippen molar-refractivity contribution in [1.29, 1.82) is 0 Å². The number of likely N-dealkylation sites (tertiary alicyclic amines) is 1. The number of fused-ring (bicyclic) bond motifs is 1. The lowest BCUT2D eigenvalue weighted by Crippen LogP contribution is -2.57. The number of aliphatic hydroxyl groups excluding tert-OH is 1. The minimum atomic E-state index is -1.14. The minimum absolute atomic E-state index is 0.121. The lowest BCUT2D eigenvalue weighted by atomic mass is 9.70. The van der Waals surface area contributed by atoms with Crippen LogP contribution in [-0.2, 0) is 23.9 Å². The number of hydrogen-bond donors (Lipinski definition) is 1. The second-order valence-electron chi connectivity index (χ2n) is 10.0. The summed E-state index contributed by atoms with van der Waals surface area (Å²) in [7, 11) is 1.58. The number of rotatable bonds is 13. The first-order valence-corrected chi connectivity index (χ1v) is 14.2. The van der Waals surface area contributed by atoms with E-state index in [1.807, 2.05) is 0 Å². The Bertz CT molecular complexity index is 1030. The minimum Gasteiger partial charge on any atom is -0.497 e. The number of esters is 1. The van der Waals surface area contributed by atoms with Crippen molar-refractivity contribution in [3.8, 4) is 5.75 Å². The molecule has 10 heteroatoms. The van der Waals surface area contributed by atoms with Crippen LogP contribution < -0.4 is 9.64 Å². The molecule has 38 heavy (non-hydrogen) atoms. The number of carbonyl (C=O) groups is 3. The summed E-state index contributed by atoms with van der Waals surface area (Å²) in [6.45, 7) is 6.50. The molecular weight excluding hydrogens is 556 g/mol. The van der Waals surface area contributed by atoms with Gasteiger partial charge >= 0.3 is 5.97 Å². The Morgan fingerprint density at radius 3 is 2.61 bits per heavy atom. The van der Waals surface area contributed by atoms with E-state index in [-0.39, 0.29) is 36.4 Å². The van der Waals surface area contributed by atoms with Gasteiger partial charge in [0.25, 0.3) is 5.91 Å². The summed E-state index contributed by atoms with van der Waals surface area (Å²) >= 11 is 3.67. The van der Waals surface area contributed by atoms with E-state index in [1.165, 1.54) is 0 Å². The summed E-state index contributed by atoms with van der Waals surface area (Å²) < 4.78 is 17.2. The number of amides is 2. The molecule has 0 aromatic heterocycles.